The first-order valence-electron chi connectivity index (χ1n) is 8.26. The molecule has 0 aliphatic carbocycles. The van der Waals surface area contributed by atoms with Gasteiger partial charge in [-0.3, -0.25) is 4.79 Å². The van der Waals surface area contributed by atoms with E-state index in [0.717, 1.165) is 0 Å². The molecule has 1 amide bonds. The number of hydrogen-bond acceptors (Lipinski definition) is 3. The first kappa shape index (κ1) is 17.4. The van der Waals surface area contributed by atoms with Gasteiger partial charge < -0.3 is 15.3 Å². The van der Waals surface area contributed by atoms with E-state index in [-0.39, 0.29) is 24.1 Å². The van der Waals surface area contributed by atoms with Crippen molar-refractivity contribution >= 4 is 11.6 Å². The number of rotatable bonds is 5. The maximum Gasteiger partial charge on any atom is 0.223 e. The van der Waals surface area contributed by atoms with Crippen LogP contribution in [0.5, 0.6) is 0 Å². The highest BCUT2D eigenvalue weighted by Crippen LogP contribution is 2.27. The summed E-state index contributed by atoms with van der Waals surface area (Å²) in [6.07, 6.45) is -0.321. The van der Waals surface area contributed by atoms with Gasteiger partial charge in [-0.05, 0) is 24.1 Å². The van der Waals surface area contributed by atoms with Crippen molar-refractivity contribution in [3.63, 3.8) is 0 Å². The van der Waals surface area contributed by atoms with Gasteiger partial charge in [-0.2, -0.15) is 0 Å². The van der Waals surface area contributed by atoms with Crippen LogP contribution < -0.4 is 10.2 Å². The summed E-state index contributed by atoms with van der Waals surface area (Å²) in [6, 6.07) is 12.5. The van der Waals surface area contributed by atoms with Crippen molar-refractivity contribution in [2.75, 3.05) is 18.0 Å². The van der Waals surface area contributed by atoms with Gasteiger partial charge in [0, 0.05) is 19.1 Å². The van der Waals surface area contributed by atoms with Gasteiger partial charge in [0.05, 0.1) is 12.5 Å². The van der Waals surface area contributed by atoms with Gasteiger partial charge in [0.2, 0.25) is 5.91 Å². The Morgan fingerprint density at radius 2 is 1.84 bits per heavy atom. The quantitative estimate of drug-likeness (QED) is 0.875. The van der Waals surface area contributed by atoms with Crippen LogP contribution >= 0.6 is 0 Å². The highest BCUT2D eigenvalue weighted by Gasteiger charge is 2.28. The fraction of sp³-hybridized carbons (Fsp3) is 0.316. The SMILES string of the molecule is O=C(CC(O)c1ccccc1)NC1CCN(c2c(F)cccc2F)C1. The Kier molecular flexibility index (Phi) is 5.28. The molecule has 1 saturated heterocycles. The van der Waals surface area contributed by atoms with Crippen molar-refractivity contribution < 1.29 is 18.7 Å². The van der Waals surface area contributed by atoms with Crippen molar-refractivity contribution in [2.45, 2.75) is 25.0 Å². The van der Waals surface area contributed by atoms with E-state index in [1.165, 1.54) is 18.2 Å². The van der Waals surface area contributed by atoms with Crippen LogP contribution in [-0.2, 0) is 4.79 Å². The summed E-state index contributed by atoms with van der Waals surface area (Å²) in [7, 11) is 0. The standard InChI is InChI=1S/C19H20F2N2O2/c20-15-7-4-8-16(21)19(15)23-10-9-14(12-23)22-18(25)11-17(24)13-5-2-1-3-6-13/h1-8,14,17,24H,9-12H2,(H,22,25). The van der Waals surface area contributed by atoms with Crippen molar-refractivity contribution in [1.29, 1.82) is 0 Å². The van der Waals surface area contributed by atoms with Crippen molar-refractivity contribution in [3.05, 3.63) is 65.7 Å². The molecule has 2 N–H and O–H groups in total. The lowest BCUT2D eigenvalue weighted by Gasteiger charge is -2.20. The van der Waals surface area contributed by atoms with E-state index >= 15 is 0 Å². The number of halogens is 2. The molecule has 0 radical (unpaired) electrons. The predicted molar refractivity (Wildman–Crippen MR) is 91.1 cm³/mol. The zero-order valence-corrected chi connectivity index (χ0v) is 13.7. The lowest BCUT2D eigenvalue weighted by molar-refractivity contribution is -0.123. The van der Waals surface area contributed by atoms with Crippen LogP contribution in [-0.4, -0.2) is 30.1 Å². The van der Waals surface area contributed by atoms with Gasteiger partial charge >= 0.3 is 0 Å². The largest absolute Gasteiger partial charge is 0.388 e. The number of nitrogens with one attached hydrogen (secondary N) is 1. The number of carbonyl (C=O) groups excluding carboxylic acids is 1. The fourth-order valence-corrected chi connectivity index (χ4v) is 3.13. The molecule has 2 aromatic rings. The lowest BCUT2D eigenvalue weighted by Crippen LogP contribution is -2.38. The number of aliphatic hydroxyl groups is 1. The van der Waals surface area contributed by atoms with Crippen LogP contribution in [0.15, 0.2) is 48.5 Å². The van der Waals surface area contributed by atoms with Gasteiger partial charge in [0.1, 0.15) is 17.3 Å². The van der Waals surface area contributed by atoms with E-state index in [1.807, 2.05) is 6.07 Å². The minimum atomic E-state index is -0.872. The second kappa shape index (κ2) is 7.61. The molecular weight excluding hydrogens is 326 g/mol. The summed E-state index contributed by atoms with van der Waals surface area (Å²) in [4.78, 5) is 13.7. The topological polar surface area (TPSA) is 52.6 Å². The van der Waals surface area contributed by atoms with E-state index in [4.69, 9.17) is 0 Å². The number of para-hydroxylation sites is 1. The molecule has 4 nitrogen and oxygen atoms in total. The minimum absolute atomic E-state index is 0.0471. The zero-order valence-electron chi connectivity index (χ0n) is 13.7. The van der Waals surface area contributed by atoms with Gasteiger partial charge in [0.15, 0.2) is 0 Å². The number of nitrogens with zero attached hydrogens (tertiary/aromatic N) is 1. The molecule has 25 heavy (non-hydrogen) atoms. The molecule has 1 aliphatic rings. The Balaban J connectivity index is 1.55. The molecule has 2 atom stereocenters. The number of carbonyl (C=O) groups is 1. The van der Waals surface area contributed by atoms with Crippen LogP contribution in [0.1, 0.15) is 24.5 Å². The van der Waals surface area contributed by atoms with Gasteiger partial charge in [-0.15, -0.1) is 0 Å². The second-order valence-corrected chi connectivity index (χ2v) is 6.20. The third-order valence-electron chi connectivity index (χ3n) is 4.37. The molecule has 132 valence electrons. The lowest BCUT2D eigenvalue weighted by atomic mass is 10.1. The molecule has 0 aromatic heterocycles. The maximum atomic E-state index is 13.8. The van der Waals surface area contributed by atoms with E-state index in [2.05, 4.69) is 5.32 Å². The first-order valence-corrected chi connectivity index (χ1v) is 8.26. The normalized spacial score (nSPS) is 18.2. The highest BCUT2D eigenvalue weighted by atomic mass is 19.1. The van der Waals surface area contributed by atoms with Crippen LogP contribution in [0.3, 0.4) is 0 Å². The van der Waals surface area contributed by atoms with Crippen molar-refractivity contribution in [1.82, 2.24) is 5.32 Å². The molecule has 0 spiro atoms. The molecule has 1 fully saturated rings. The molecule has 2 unspecified atom stereocenters. The third-order valence-corrected chi connectivity index (χ3v) is 4.37. The van der Waals surface area contributed by atoms with Gasteiger partial charge in [0.25, 0.3) is 0 Å². The summed E-state index contributed by atoms with van der Waals surface area (Å²) in [5.41, 5.74) is 0.627. The molecule has 6 heteroatoms. The van der Waals surface area contributed by atoms with Crippen LogP contribution in [0, 0.1) is 11.6 Å². The number of aliphatic hydroxyl groups excluding tert-OH is 1. The van der Waals surface area contributed by atoms with Crippen molar-refractivity contribution in [2.24, 2.45) is 0 Å². The van der Waals surface area contributed by atoms with Crippen LogP contribution in [0.2, 0.25) is 0 Å². The Morgan fingerprint density at radius 1 is 1.16 bits per heavy atom. The first-order chi connectivity index (χ1) is 12.0. The Labute approximate surface area is 145 Å². The Hall–Kier alpha value is -2.47. The number of benzene rings is 2. The second-order valence-electron chi connectivity index (χ2n) is 6.20. The van der Waals surface area contributed by atoms with E-state index < -0.39 is 17.7 Å². The van der Waals surface area contributed by atoms with Gasteiger partial charge in [-0.25, -0.2) is 8.78 Å². The van der Waals surface area contributed by atoms with E-state index in [1.54, 1.807) is 29.2 Å². The molecule has 1 aliphatic heterocycles. The fourth-order valence-electron chi connectivity index (χ4n) is 3.13. The molecule has 0 bridgehead atoms. The summed E-state index contributed by atoms with van der Waals surface area (Å²) < 4.78 is 27.7. The van der Waals surface area contributed by atoms with Gasteiger partial charge in [-0.1, -0.05) is 36.4 Å². The summed E-state index contributed by atoms with van der Waals surface area (Å²) in [5, 5.41) is 12.9. The average Bonchev–Trinajstić information content (AvgIpc) is 3.03. The monoisotopic (exact) mass is 346 g/mol. The Morgan fingerprint density at radius 3 is 2.52 bits per heavy atom. The minimum Gasteiger partial charge on any atom is -0.388 e. The third kappa shape index (κ3) is 4.14. The molecular formula is C19H20F2N2O2. The maximum absolute atomic E-state index is 13.8. The van der Waals surface area contributed by atoms with Crippen LogP contribution in [0.25, 0.3) is 0 Å². The molecule has 3 rings (SSSR count). The summed E-state index contributed by atoms with van der Waals surface area (Å²) in [6.45, 7) is 0.801. The zero-order chi connectivity index (χ0) is 17.8. The predicted octanol–water partition coefficient (Wildman–Crippen LogP) is 2.78. The molecule has 1 heterocycles. The smallest absolute Gasteiger partial charge is 0.223 e. The number of amides is 1. The highest BCUT2D eigenvalue weighted by molar-refractivity contribution is 5.77. The summed E-state index contributed by atoms with van der Waals surface area (Å²) in [5.74, 6) is -1.49. The molecule has 0 saturated carbocycles. The van der Waals surface area contributed by atoms with Crippen LogP contribution in [0.4, 0.5) is 14.5 Å². The molecule has 2 aromatic carbocycles. The number of hydrogen-bond donors (Lipinski definition) is 2. The van der Waals surface area contributed by atoms with E-state index in [9.17, 15) is 18.7 Å². The van der Waals surface area contributed by atoms with E-state index in [0.29, 0.717) is 25.1 Å². The number of anilines is 1. The Bertz CT molecular complexity index is 719. The van der Waals surface area contributed by atoms with Crippen molar-refractivity contribution in [3.8, 4) is 0 Å². The summed E-state index contributed by atoms with van der Waals surface area (Å²) >= 11 is 0. The average molecular weight is 346 g/mol.